The zero-order valence-corrected chi connectivity index (χ0v) is 16.1. The van der Waals surface area contributed by atoms with Crippen LogP contribution in [-0.4, -0.2) is 50.4 Å². The van der Waals surface area contributed by atoms with Crippen molar-refractivity contribution in [1.82, 2.24) is 10.2 Å². The monoisotopic (exact) mass is 385 g/mol. The first-order chi connectivity index (χ1) is 12.4. The standard InChI is InChI=1S/C19H26F3N3O2/c1-18(2,12-24(3)4)11-23-17(27)13-8-16(26)25(10-13)15-7-5-6-14(9-15)19(20,21)22/h5-7,9,13H,8,10-12H2,1-4H3,(H,23,27)/t13-/m1/s1. The van der Waals surface area contributed by atoms with Gasteiger partial charge in [0.05, 0.1) is 11.5 Å². The molecule has 2 rings (SSSR count). The third kappa shape index (κ3) is 5.69. The Balaban J connectivity index is 2.02. The zero-order valence-electron chi connectivity index (χ0n) is 16.1. The maximum absolute atomic E-state index is 12.9. The third-order valence-corrected chi connectivity index (χ3v) is 4.47. The van der Waals surface area contributed by atoms with E-state index in [1.807, 2.05) is 32.8 Å². The summed E-state index contributed by atoms with van der Waals surface area (Å²) in [6.07, 6.45) is -4.48. The van der Waals surface area contributed by atoms with Crippen molar-refractivity contribution in [1.29, 1.82) is 0 Å². The Bertz CT molecular complexity index is 702. The highest BCUT2D eigenvalue weighted by Crippen LogP contribution is 2.33. The minimum atomic E-state index is -4.48. The molecule has 2 amide bonds. The van der Waals surface area contributed by atoms with Crippen molar-refractivity contribution < 1.29 is 22.8 Å². The molecule has 27 heavy (non-hydrogen) atoms. The summed E-state index contributed by atoms with van der Waals surface area (Å²) in [5.41, 5.74) is -0.785. The van der Waals surface area contributed by atoms with E-state index in [4.69, 9.17) is 0 Å². The molecule has 5 nitrogen and oxygen atoms in total. The van der Waals surface area contributed by atoms with E-state index in [1.54, 1.807) is 0 Å². The van der Waals surface area contributed by atoms with E-state index < -0.39 is 17.7 Å². The predicted molar refractivity (Wildman–Crippen MR) is 97.2 cm³/mol. The average Bonchev–Trinajstić information content (AvgIpc) is 2.93. The summed E-state index contributed by atoms with van der Waals surface area (Å²) in [4.78, 5) is 28.0. The number of carbonyl (C=O) groups is 2. The third-order valence-electron chi connectivity index (χ3n) is 4.47. The first-order valence-corrected chi connectivity index (χ1v) is 8.79. The molecule has 0 bridgehead atoms. The summed E-state index contributed by atoms with van der Waals surface area (Å²) in [6, 6.07) is 4.62. The van der Waals surface area contributed by atoms with E-state index in [2.05, 4.69) is 5.32 Å². The molecule has 0 aromatic heterocycles. The molecule has 0 radical (unpaired) electrons. The first kappa shape index (κ1) is 21.2. The quantitative estimate of drug-likeness (QED) is 0.819. The Kier molecular flexibility index (Phi) is 6.19. The van der Waals surface area contributed by atoms with Crippen molar-refractivity contribution in [2.24, 2.45) is 11.3 Å². The van der Waals surface area contributed by atoms with Crippen LogP contribution in [0.3, 0.4) is 0 Å². The Morgan fingerprint density at radius 1 is 1.30 bits per heavy atom. The smallest absolute Gasteiger partial charge is 0.355 e. The van der Waals surface area contributed by atoms with Gasteiger partial charge in [0.1, 0.15) is 0 Å². The fourth-order valence-corrected chi connectivity index (χ4v) is 3.37. The summed E-state index contributed by atoms with van der Waals surface area (Å²) in [6.45, 7) is 5.38. The summed E-state index contributed by atoms with van der Waals surface area (Å²) in [5.74, 6) is -1.16. The van der Waals surface area contributed by atoms with Crippen molar-refractivity contribution in [2.75, 3.05) is 38.6 Å². The molecule has 0 saturated carbocycles. The van der Waals surface area contributed by atoms with Gasteiger partial charge in [0.15, 0.2) is 0 Å². The second-order valence-electron chi connectivity index (χ2n) is 8.07. The Morgan fingerprint density at radius 3 is 2.56 bits per heavy atom. The minimum absolute atomic E-state index is 0.00378. The fourth-order valence-electron chi connectivity index (χ4n) is 3.37. The Labute approximate surface area is 157 Å². The van der Waals surface area contributed by atoms with Crippen LogP contribution in [0.25, 0.3) is 0 Å². The number of carbonyl (C=O) groups excluding carboxylic acids is 2. The van der Waals surface area contributed by atoms with Gasteiger partial charge in [-0.05, 0) is 37.7 Å². The Hall–Kier alpha value is -2.09. The molecule has 0 aliphatic carbocycles. The maximum atomic E-state index is 12.9. The molecular weight excluding hydrogens is 359 g/mol. The lowest BCUT2D eigenvalue weighted by Gasteiger charge is -2.29. The number of nitrogens with zero attached hydrogens (tertiary/aromatic N) is 2. The van der Waals surface area contributed by atoms with E-state index in [9.17, 15) is 22.8 Å². The molecule has 1 fully saturated rings. The molecular formula is C19H26F3N3O2. The number of benzene rings is 1. The van der Waals surface area contributed by atoms with Gasteiger partial charge in [-0.25, -0.2) is 0 Å². The number of hydrogen-bond acceptors (Lipinski definition) is 3. The normalized spacial score (nSPS) is 18.3. The van der Waals surface area contributed by atoms with Gasteiger partial charge in [0, 0.05) is 31.7 Å². The largest absolute Gasteiger partial charge is 0.416 e. The molecule has 150 valence electrons. The lowest BCUT2D eigenvalue weighted by Crippen LogP contribution is -2.42. The first-order valence-electron chi connectivity index (χ1n) is 8.79. The van der Waals surface area contributed by atoms with E-state index in [0.29, 0.717) is 6.54 Å². The molecule has 1 aromatic rings. The van der Waals surface area contributed by atoms with Gasteiger partial charge in [-0.15, -0.1) is 0 Å². The second kappa shape index (κ2) is 7.88. The molecule has 1 aromatic carbocycles. The van der Waals surface area contributed by atoms with Gasteiger partial charge in [0.2, 0.25) is 11.8 Å². The fraction of sp³-hybridized carbons (Fsp3) is 0.579. The number of amides is 2. The molecule has 1 aliphatic rings. The van der Waals surface area contributed by atoms with Gasteiger partial charge in [0.25, 0.3) is 0 Å². The number of alkyl halides is 3. The van der Waals surface area contributed by atoms with Gasteiger partial charge >= 0.3 is 6.18 Å². The van der Waals surface area contributed by atoms with E-state index in [1.165, 1.54) is 17.0 Å². The van der Waals surface area contributed by atoms with Crippen LogP contribution in [0.5, 0.6) is 0 Å². The van der Waals surface area contributed by atoms with Crippen LogP contribution in [0.4, 0.5) is 18.9 Å². The van der Waals surface area contributed by atoms with Crippen LogP contribution < -0.4 is 10.2 Å². The molecule has 1 saturated heterocycles. The van der Waals surface area contributed by atoms with E-state index >= 15 is 0 Å². The number of anilines is 1. The highest BCUT2D eigenvalue weighted by molar-refractivity contribution is 6.00. The van der Waals surface area contributed by atoms with Crippen LogP contribution in [0.1, 0.15) is 25.8 Å². The number of nitrogens with one attached hydrogen (secondary N) is 1. The predicted octanol–water partition coefficient (Wildman–Crippen LogP) is 2.76. The topological polar surface area (TPSA) is 52.7 Å². The highest BCUT2D eigenvalue weighted by atomic mass is 19.4. The van der Waals surface area contributed by atoms with Crippen LogP contribution in [0.15, 0.2) is 24.3 Å². The molecule has 1 heterocycles. The van der Waals surface area contributed by atoms with Crippen LogP contribution in [0.2, 0.25) is 0 Å². The van der Waals surface area contributed by atoms with Crippen molar-refractivity contribution in [3.63, 3.8) is 0 Å². The van der Waals surface area contributed by atoms with Crippen LogP contribution in [-0.2, 0) is 15.8 Å². The van der Waals surface area contributed by atoms with Crippen molar-refractivity contribution >= 4 is 17.5 Å². The van der Waals surface area contributed by atoms with Crippen molar-refractivity contribution in [2.45, 2.75) is 26.4 Å². The van der Waals surface area contributed by atoms with Crippen LogP contribution >= 0.6 is 0 Å². The van der Waals surface area contributed by atoms with Crippen molar-refractivity contribution in [3.8, 4) is 0 Å². The highest BCUT2D eigenvalue weighted by Gasteiger charge is 2.37. The van der Waals surface area contributed by atoms with Gasteiger partial charge in [-0.1, -0.05) is 19.9 Å². The zero-order chi connectivity index (χ0) is 20.4. The number of halogens is 3. The lowest BCUT2D eigenvalue weighted by atomic mass is 9.92. The summed E-state index contributed by atoms with van der Waals surface area (Å²) in [5, 5.41) is 2.87. The van der Waals surface area contributed by atoms with Crippen molar-refractivity contribution in [3.05, 3.63) is 29.8 Å². The SMILES string of the molecule is CN(C)CC(C)(C)CNC(=O)[C@@H]1CC(=O)N(c2cccc(C(F)(F)F)c2)C1. The molecule has 0 unspecified atom stereocenters. The van der Waals surface area contributed by atoms with Gasteiger partial charge in [-0.2, -0.15) is 13.2 Å². The Morgan fingerprint density at radius 2 is 1.96 bits per heavy atom. The molecule has 8 heteroatoms. The summed E-state index contributed by atoms with van der Waals surface area (Å²) >= 11 is 0. The molecule has 1 atom stereocenters. The number of rotatable bonds is 6. The van der Waals surface area contributed by atoms with E-state index in [-0.39, 0.29) is 35.9 Å². The van der Waals surface area contributed by atoms with Gasteiger partial charge < -0.3 is 15.1 Å². The summed E-state index contributed by atoms with van der Waals surface area (Å²) in [7, 11) is 3.90. The second-order valence-corrected chi connectivity index (χ2v) is 8.07. The van der Waals surface area contributed by atoms with Crippen LogP contribution in [0, 0.1) is 11.3 Å². The summed E-state index contributed by atoms with van der Waals surface area (Å²) < 4.78 is 38.7. The molecule has 0 spiro atoms. The maximum Gasteiger partial charge on any atom is 0.416 e. The van der Waals surface area contributed by atoms with Gasteiger partial charge in [-0.3, -0.25) is 9.59 Å². The average molecular weight is 385 g/mol. The molecule has 1 aliphatic heterocycles. The number of hydrogen-bond donors (Lipinski definition) is 1. The molecule has 1 N–H and O–H groups in total. The lowest BCUT2D eigenvalue weighted by molar-refractivity contribution is -0.137. The van der Waals surface area contributed by atoms with E-state index in [0.717, 1.165) is 18.7 Å². The minimum Gasteiger partial charge on any atom is -0.355 e.